The molecule has 0 amide bonds. The van der Waals surface area contributed by atoms with Crippen molar-refractivity contribution < 1.29 is 0 Å². The van der Waals surface area contributed by atoms with E-state index in [1.807, 2.05) is 54.6 Å². The van der Waals surface area contributed by atoms with Gasteiger partial charge in [-0.2, -0.15) is 5.10 Å². The Morgan fingerprint density at radius 2 is 0.833 bits per heavy atom. The molecule has 6 aromatic rings. The smallest absolute Gasteiger partial charge is 0.172 e. The monoisotopic (exact) mass is 632 g/mol. The van der Waals surface area contributed by atoms with Crippen LogP contribution in [-0.2, 0) is 0 Å². The summed E-state index contributed by atoms with van der Waals surface area (Å²) in [5, 5.41) is 20.7. The van der Waals surface area contributed by atoms with Gasteiger partial charge < -0.3 is 17.2 Å². The summed E-state index contributed by atoms with van der Waals surface area (Å²) in [6, 6.07) is 32.2. The number of nitrogens with zero attached hydrogens (tertiary/aromatic N) is 9. The Morgan fingerprint density at radius 1 is 0.458 bits per heavy atom. The molecule has 0 aliphatic heterocycles. The molecule has 14 heteroatoms. The molecule has 6 aromatic heterocycles. The maximum absolute atomic E-state index is 8.41. The summed E-state index contributed by atoms with van der Waals surface area (Å²) in [5.74, 6) is 0.136. The first-order valence-corrected chi connectivity index (χ1v) is 14.5. The molecule has 0 bridgehead atoms. The molecule has 0 aromatic carbocycles. The fourth-order valence-corrected chi connectivity index (χ4v) is 4.35. The van der Waals surface area contributed by atoms with Crippen molar-refractivity contribution in [2.24, 2.45) is 32.5 Å². The average molecular weight is 633 g/mol. The third kappa shape index (κ3) is 7.35. The fourth-order valence-electron chi connectivity index (χ4n) is 4.35. The molecule has 0 radical (unpaired) electrons. The quantitative estimate of drug-likeness (QED) is 0.0887. The van der Waals surface area contributed by atoms with Crippen molar-refractivity contribution in [1.82, 2.24) is 35.3 Å². The van der Waals surface area contributed by atoms with E-state index in [0.717, 1.165) is 0 Å². The number of rotatable bonds is 9. The van der Waals surface area contributed by atoms with Gasteiger partial charge >= 0.3 is 0 Å². The van der Waals surface area contributed by atoms with Crippen LogP contribution >= 0.6 is 0 Å². The van der Waals surface area contributed by atoms with Gasteiger partial charge in [-0.05, 0) is 72.8 Å². The van der Waals surface area contributed by atoms with E-state index in [4.69, 9.17) is 22.6 Å². The largest absolute Gasteiger partial charge is 0.380 e. The van der Waals surface area contributed by atoms with Gasteiger partial charge in [0.15, 0.2) is 23.3 Å². The Balaban J connectivity index is 1.16. The molecular formula is C34H28N14. The summed E-state index contributed by atoms with van der Waals surface area (Å²) in [6.07, 6.45) is 3.37. The van der Waals surface area contributed by atoms with Crippen molar-refractivity contribution >= 4 is 23.3 Å². The van der Waals surface area contributed by atoms with Crippen molar-refractivity contribution in [2.45, 2.75) is 0 Å². The molecule has 0 saturated heterocycles. The van der Waals surface area contributed by atoms with Gasteiger partial charge in [-0.25, -0.2) is 19.9 Å². The second kappa shape index (κ2) is 14.3. The third-order valence-corrected chi connectivity index (χ3v) is 6.71. The molecule has 0 spiro atoms. The summed E-state index contributed by atoms with van der Waals surface area (Å²) in [4.78, 5) is 26.9. The van der Waals surface area contributed by atoms with Crippen LogP contribution in [-0.4, -0.2) is 53.2 Å². The summed E-state index contributed by atoms with van der Waals surface area (Å²) < 4.78 is 0. The highest BCUT2D eigenvalue weighted by Crippen LogP contribution is 2.17. The Bertz CT molecular complexity index is 2160. The normalized spacial score (nSPS) is 12.0. The molecule has 48 heavy (non-hydrogen) atoms. The molecule has 6 rings (SSSR count). The van der Waals surface area contributed by atoms with E-state index < -0.39 is 0 Å². The second-order valence-electron chi connectivity index (χ2n) is 10.0. The molecule has 0 aliphatic carbocycles. The van der Waals surface area contributed by atoms with Crippen LogP contribution in [0, 0.1) is 5.41 Å². The second-order valence-corrected chi connectivity index (χ2v) is 10.0. The van der Waals surface area contributed by atoms with Gasteiger partial charge in [0.05, 0.1) is 34.2 Å². The highest BCUT2D eigenvalue weighted by atomic mass is 15.3. The first-order valence-electron chi connectivity index (χ1n) is 14.5. The summed E-state index contributed by atoms with van der Waals surface area (Å²) in [5.41, 5.74) is 26.5. The van der Waals surface area contributed by atoms with Gasteiger partial charge in [-0.1, -0.05) is 36.4 Å². The van der Waals surface area contributed by atoms with E-state index in [-0.39, 0.29) is 23.3 Å². The van der Waals surface area contributed by atoms with Gasteiger partial charge in [0.1, 0.15) is 22.8 Å². The topological polar surface area (TPSA) is 228 Å². The number of nitrogens with one attached hydrogen (secondary N) is 2. The van der Waals surface area contributed by atoms with Crippen LogP contribution in [0.2, 0.25) is 0 Å². The molecule has 8 N–H and O–H groups in total. The molecule has 0 saturated carbocycles. The predicted molar refractivity (Wildman–Crippen MR) is 185 cm³/mol. The fraction of sp³-hybridized carbons (Fsp3) is 0. The van der Waals surface area contributed by atoms with Crippen molar-refractivity contribution in [3.8, 4) is 34.2 Å². The van der Waals surface area contributed by atoms with Crippen LogP contribution in [0.4, 0.5) is 0 Å². The van der Waals surface area contributed by atoms with Crippen molar-refractivity contribution in [1.29, 1.82) is 5.41 Å². The minimum absolute atomic E-state index is 0.0429. The number of hydrogen-bond acceptors (Lipinski definition) is 10. The Hall–Kier alpha value is -7.22. The van der Waals surface area contributed by atoms with Gasteiger partial charge in [0.25, 0.3) is 0 Å². The summed E-state index contributed by atoms with van der Waals surface area (Å²) in [6.45, 7) is 0. The highest BCUT2D eigenvalue weighted by molar-refractivity contribution is 6.00. The number of hydrazone groups is 1. The number of nitrogens with two attached hydrogens (primary N) is 3. The van der Waals surface area contributed by atoms with E-state index in [9.17, 15) is 0 Å². The van der Waals surface area contributed by atoms with E-state index in [1.54, 1.807) is 67.0 Å². The molecule has 0 atom stereocenters. The van der Waals surface area contributed by atoms with Crippen LogP contribution < -0.4 is 22.6 Å². The predicted octanol–water partition coefficient (Wildman–Crippen LogP) is 3.32. The molecule has 0 aliphatic rings. The lowest BCUT2D eigenvalue weighted by molar-refractivity contribution is 0.990. The third-order valence-electron chi connectivity index (χ3n) is 6.71. The zero-order chi connectivity index (χ0) is 33.3. The number of pyridine rings is 6. The van der Waals surface area contributed by atoms with Crippen molar-refractivity contribution in [2.75, 3.05) is 0 Å². The molecule has 0 fully saturated rings. The van der Waals surface area contributed by atoms with Crippen LogP contribution in [0.1, 0.15) is 22.8 Å². The minimum atomic E-state index is -0.0454. The first kappa shape index (κ1) is 30.8. The zero-order valence-corrected chi connectivity index (χ0v) is 25.3. The van der Waals surface area contributed by atoms with Crippen LogP contribution in [0.25, 0.3) is 34.2 Å². The van der Waals surface area contributed by atoms with Gasteiger partial charge in [-0.15, -0.1) is 10.2 Å². The van der Waals surface area contributed by atoms with E-state index >= 15 is 0 Å². The Kier molecular flexibility index (Phi) is 9.14. The Morgan fingerprint density at radius 3 is 1.27 bits per heavy atom. The van der Waals surface area contributed by atoms with Gasteiger partial charge in [-0.3, -0.25) is 20.8 Å². The van der Waals surface area contributed by atoms with Crippen LogP contribution in [0.3, 0.4) is 0 Å². The lowest BCUT2D eigenvalue weighted by Gasteiger charge is -2.08. The number of aromatic nitrogens is 6. The maximum atomic E-state index is 8.41. The van der Waals surface area contributed by atoms with Crippen molar-refractivity contribution in [3.05, 3.63) is 144 Å². The molecule has 0 unspecified atom stereocenters. The molecule has 14 nitrogen and oxygen atoms in total. The summed E-state index contributed by atoms with van der Waals surface area (Å²) in [7, 11) is 0. The van der Waals surface area contributed by atoms with Crippen LogP contribution in [0.5, 0.6) is 0 Å². The van der Waals surface area contributed by atoms with E-state index in [2.05, 4.69) is 50.6 Å². The van der Waals surface area contributed by atoms with Gasteiger partial charge in [0.2, 0.25) is 0 Å². The molecule has 234 valence electrons. The standard InChI is InChI=1S/C34H28N14/c35-31(27-15-5-11-23(41-27)21-9-1-3-19-39-21)45-47-33(37)29-17-7-13-25(43-29)26-14-8-18-30(44-26)34(38)48-46-32(36)28-16-6-12-24(42-28)22-10-2-4-20-40-22/h1-20H,(H2,35,45)(H2,36,46)(H2,37,47)(H2,38,48). The number of amidine groups is 4. The average Bonchev–Trinajstić information content (AvgIpc) is 3.16. The van der Waals surface area contributed by atoms with E-state index in [1.165, 1.54) is 0 Å². The summed E-state index contributed by atoms with van der Waals surface area (Å²) >= 11 is 0. The minimum Gasteiger partial charge on any atom is -0.380 e. The lowest BCUT2D eigenvalue weighted by Crippen LogP contribution is -2.25. The van der Waals surface area contributed by atoms with Crippen LogP contribution in [0.15, 0.2) is 137 Å². The zero-order valence-electron chi connectivity index (χ0n) is 25.3. The number of hydrogen-bond donors (Lipinski definition) is 5. The van der Waals surface area contributed by atoms with Crippen molar-refractivity contribution in [3.63, 3.8) is 0 Å². The Labute approximate surface area is 274 Å². The lowest BCUT2D eigenvalue weighted by atomic mass is 10.2. The first-order chi connectivity index (χ1) is 23.4. The van der Waals surface area contributed by atoms with Gasteiger partial charge in [0, 0.05) is 12.4 Å². The SMILES string of the molecule is N=C(N/N=C(\N)c1cccc(-c2cccc(/C(N)=N/N=C(\N)c3cccc(-c4ccccn4)n3)n2)n1)c1cccc(-c2ccccn2)n1. The van der Waals surface area contributed by atoms with E-state index in [0.29, 0.717) is 56.9 Å². The molecular weight excluding hydrogens is 604 g/mol. The highest BCUT2D eigenvalue weighted by Gasteiger charge is 2.11. The molecule has 6 heterocycles. The maximum Gasteiger partial charge on any atom is 0.172 e.